The first-order valence-electron chi connectivity index (χ1n) is 5.89. The zero-order valence-corrected chi connectivity index (χ0v) is 10.0. The van der Waals surface area contributed by atoms with E-state index in [4.69, 9.17) is 10.5 Å². The highest BCUT2D eigenvalue weighted by atomic mass is 16.5. The molecule has 0 atom stereocenters. The summed E-state index contributed by atoms with van der Waals surface area (Å²) in [7, 11) is 0. The lowest BCUT2D eigenvalue weighted by atomic mass is 10.2. The Balaban J connectivity index is 1.79. The van der Waals surface area contributed by atoms with Crippen LogP contribution in [0, 0.1) is 12.8 Å². The quantitative estimate of drug-likeness (QED) is 0.765. The van der Waals surface area contributed by atoms with Crippen molar-refractivity contribution in [1.82, 2.24) is 0 Å². The van der Waals surface area contributed by atoms with E-state index in [0.717, 1.165) is 11.3 Å². The molecule has 1 aromatic rings. The van der Waals surface area contributed by atoms with Gasteiger partial charge in [0, 0.05) is 11.4 Å². The van der Waals surface area contributed by atoms with Crippen LogP contribution in [0.1, 0.15) is 18.4 Å². The largest absolute Gasteiger partial charge is 0.399 e. The van der Waals surface area contributed by atoms with Crippen LogP contribution >= 0.6 is 0 Å². The maximum Gasteiger partial charge on any atom is 0.250 e. The number of nitrogens with one attached hydrogen (secondary N) is 1. The van der Waals surface area contributed by atoms with E-state index >= 15 is 0 Å². The number of carbonyl (C=O) groups excluding carboxylic acids is 1. The van der Waals surface area contributed by atoms with Crippen molar-refractivity contribution in [2.45, 2.75) is 19.8 Å². The number of amides is 1. The average Bonchev–Trinajstić information content (AvgIpc) is 3.06. The van der Waals surface area contributed by atoms with Gasteiger partial charge in [0.2, 0.25) is 5.91 Å². The zero-order chi connectivity index (χ0) is 12.3. The van der Waals surface area contributed by atoms with Crippen molar-refractivity contribution < 1.29 is 9.53 Å². The fourth-order valence-electron chi connectivity index (χ4n) is 1.62. The van der Waals surface area contributed by atoms with Crippen molar-refractivity contribution >= 4 is 17.3 Å². The Bertz CT molecular complexity index is 414. The molecule has 1 aromatic carbocycles. The van der Waals surface area contributed by atoms with E-state index in [1.807, 2.05) is 19.1 Å². The van der Waals surface area contributed by atoms with Gasteiger partial charge in [-0.1, -0.05) is 0 Å². The van der Waals surface area contributed by atoms with Crippen molar-refractivity contribution in [1.29, 1.82) is 0 Å². The molecular formula is C13H18N2O2. The third-order valence-electron chi connectivity index (χ3n) is 2.81. The van der Waals surface area contributed by atoms with Gasteiger partial charge >= 0.3 is 0 Å². The molecule has 4 nitrogen and oxygen atoms in total. The predicted octanol–water partition coefficient (Wildman–Crippen LogP) is 1.94. The van der Waals surface area contributed by atoms with Crippen LogP contribution in [0.3, 0.4) is 0 Å². The lowest BCUT2D eigenvalue weighted by molar-refractivity contribution is -0.120. The van der Waals surface area contributed by atoms with Gasteiger partial charge in [0.05, 0.1) is 6.61 Å². The number of hydrogen-bond acceptors (Lipinski definition) is 3. The van der Waals surface area contributed by atoms with Gasteiger partial charge in [-0.3, -0.25) is 4.79 Å². The van der Waals surface area contributed by atoms with Gasteiger partial charge in [-0.25, -0.2) is 0 Å². The monoisotopic (exact) mass is 234 g/mol. The smallest absolute Gasteiger partial charge is 0.250 e. The fourth-order valence-corrected chi connectivity index (χ4v) is 1.62. The third kappa shape index (κ3) is 3.75. The van der Waals surface area contributed by atoms with E-state index < -0.39 is 0 Å². The molecule has 0 saturated heterocycles. The molecule has 0 bridgehead atoms. The van der Waals surface area contributed by atoms with Crippen molar-refractivity contribution in [3.05, 3.63) is 23.8 Å². The summed E-state index contributed by atoms with van der Waals surface area (Å²) < 4.78 is 5.32. The number of carbonyl (C=O) groups is 1. The topological polar surface area (TPSA) is 64.3 Å². The fraction of sp³-hybridized carbons (Fsp3) is 0.462. The second-order valence-electron chi connectivity index (χ2n) is 4.58. The van der Waals surface area contributed by atoms with Crippen LogP contribution in [0.15, 0.2) is 18.2 Å². The first kappa shape index (κ1) is 11.9. The number of aryl methyl sites for hydroxylation is 1. The summed E-state index contributed by atoms with van der Waals surface area (Å²) in [5.74, 6) is 0.569. The molecule has 1 aliphatic carbocycles. The molecule has 3 N–H and O–H groups in total. The molecule has 92 valence electrons. The van der Waals surface area contributed by atoms with Gasteiger partial charge in [0.25, 0.3) is 0 Å². The van der Waals surface area contributed by atoms with E-state index in [1.54, 1.807) is 6.07 Å². The molecule has 2 rings (SSSR count). The number of ether oxygens (including phenoxy) is 1. The normalized spacial score (nSPS) is 14.6. The standard InChI is InChI=1S/C13H18N2O2/c1-9-6-11(14)4-5-12(9)15-13(16)8-17-7-10-2-3-10/h4-6,10H,2-3,7-8,14H2,1H3,(H,15,16). The van der Waals surface area contributed by atoms with Gasteiger partial charge in [-0.05, 0) is 49.4 Å². The highest BCUT2D eigenvalue weighted by molar-refractivity contribution is 5.92. The molecule has 0 unspecified atom stereocenters. The second kappa shape index (κ2) is 5.19. The van der Waals surface area contributed by atoms with Crippen LogP contribution in [0.5, 0.6) is 0 Å². The minimum atomic E-state index is -0.112. The Hall–Kier alpha value is -1.55. The van der Waals surface area contributed by atoms with Crippen LogP contribution in [-0.2, 0) is 9.53 Å². The Morgan fingerprint density at radius 3 is 2.94 bits per heavy atom. The summed E-state index contributed by atoms with van der Waals surface area (Å²) in [5, 5.41) is 2.81. The molecule has 1 saturated carbocycles. The van der Waals surface area contributed by atoms with Gasteiger partial charge in [-0.15, -0.1) is 0 Å². The summed E-state index contributed by atoms with van der Waals surface area (Å²) in [6.07, 6.45) is 2.47. The van der Waals surface area contributed by atoms with Crippen LogP contribution < -0.4 is 11.1 Å². The first-order chi connectivity index (χ1) is 8.15. The van der Waals surface area contributed by atoms with E-state index in [-0.39, 0.29) is 12.5 Å². The van der Waals surface area contributed by atoms with Crippen LogP contribution in [0.4, 0.5) is 11.4 Å². The van der Waals surface area contributed by atoms with Gasteiger partial charge in [-0.2, -0.15) is 0 Å². The lowest BCUT2D eigenvalue weighted by Gasteiger charge is -2.09. The summed E-state index contributed by atoms with van der Waals surface area (Å²) in [6, 6.07) is 5.41. The molecule has 0 heterocycles. The maximum absolute atomic E-state index is 11.6. The molecular weight excluding hydrogens is 216 g/mol. The van der Waals surface area contributed by atoms with Crippen molar-refractivity contribution in [2.75, 3.05) is 24.3 Å². The Labute approximate surface area is 101 Å². The van der Waals surface area contributed by atoms with Gasteiger partial charge in [0.1, 0.15) is 6.61 Å². The molecule has 1 fully saturated rings. The average molecular weight is 234 g/mol. The number of anilines is 2. The summed E-state index contributed by atoms with van der Waals surface area (Å²) in [4.78, 5) is 11.6. The molecule has 0 spiro atoms. The number of hydrogen-bond donors (Lipinski definition) is 2. The van der Waals surface area contributed by atoms with Crippen molar-refractivity contribution in [3.8, 4) is 0 Å². The third-order valence-corrected chi connectivity index (χ3v) is 2.81. The molecule has 1 aliphatic rings. The van der Waals surface area contributed by atoms with Crippen LogP contribution in [0.25, 0.3) is 0 Å². The van der Waals surface area contributed by atoms with E-state index in [0.29, 0.717) is 18.2 Å². The highest BCUT2D eigenvalue weighted by Crippen LogP contribution is 2.28. The van der Waals surface area contributed by atoms with Crippen molar-refractivity contribution in [2.24, 2.45) is 5.92 Å². The van der Waals surface area contributed by atoms with E-state index in [2.05, 4.69) is 5.32 Å². The van der Waals surface area contributed by atoms with Gasteiger partial charge < -0.3 is 15.8 Å². The summed E-state index contributed by atoms with van der Waals surface area (Å²) in [5.41, 5.74) is 8.09. The number of nitrogens with two attached hydrogens (primary N) is 1. The molecule has 0 aliphatic heterocycles. The Morgan fingerprint density at radius 1 is 1.53 bits per heavy atom. The number of benzene rings is 1. The van der Waals surface area contributed by atoms with Crippen LogP contribution in [-0.4, -0.2) is 19.1 Å². The predicted molar refractivity (Wildman–Crippen MR) is 67.8 cm³/mol. The minimum Gasteiger partial charge on any atom is -0.399 e. The Kier molecular flexibility index (Phi) is 3.64. The molecule has 0 aromatic heterocycles. The molecule has 0 radical (unpaired) electrons. The summed E-state index contributed by atoms with van der Waals surface area (Å²) in [6.45, 7) is 2.74. The van der Waals surface area contributed by atoms with Crippen LogP contribution in [0.2, 0.25) is 0 Å². The second-order valence-corrected chi connectivity index (χ2v) is 4.58. The Morgan fingerprint density at radius 2 is 2.29 bits per heavy atom. The zero-order valence-electron chi connectivity index (χ0n) is 10.0. The lowest BCUT2D eigenvalue weighted by Crippen LogP contribution is -2.19. The van der Waals surface area contributed by atoms with E-state index in [9.17, 15) is 4.79 Å². The molecule has 4 heteroatoms. The SMILES string of the molecule is Cc1cc(N)ccc1NC(=O)COCC1CC1. The summed E-state index contributed by atoms with van der Waals surface area (Å²) >= 11 is 0. The van der Waals surface area contributed by atoms with Gasteiger partial charge in [0.15, 0.2) is 0 Å². The van der Waals surface area contributed by atoms with E-state index in [1.165, 1.54) is 12.8 Å². The highest BCUT2D eigenvalue weighted by Gasteiger charge is 2.21. The maximum atomic E-state index is 11.6. The first-order valence-corrected chi connectivity index (χ1v) is 5.89. The number of rotatable bonds is 5. The molecule has 1 amide bonds. The molecule has 17 heavy (non-hydrogen) atoms. The number of nitrogen functional groups attached to an aromatic ring is 1. The van der Waals surface area contributed by atoms with Crippen molar-refractivity contribution in [3.63, 3.8) is 0 Å². The minimum absolute atomic E-state index is 0.112.